The van der Waals surface area contributed by atoms with Crippen LogP contribution in [0.15, 0.2) is 60.2 Å². The molecule has 0 saturated carbocycles. The van der Waals surface area contributed by atoms with Crippen LogP contribution < -0.4 is 9.47 Å². The van der Waals surface area contributed by atoms with Crippen LogP contribution in [0.1, 0.15) is 56.6 Å². The molecule has 30 heavy (non-hydrogen) atoms. The highest BCUT2D eigenvalue weighted by Crippen LogP contribution is 2.28. The third kappa shape index (κ3) is 6.24. The van der Waals surface area contributed by atoms with Crippen LogP contribution in [0.2, 0.25) is 0 Å². The van der Waals surface area contributed by atoms with E-state index in [4.69, 9.17) is 14.2 Å². The van der Waals surface area contributed by atoms with Crippen molar-refractivity contribution in [2.75, 3.05) is 13.7 Å². The van der Waals surface area contributed by atoms with Gasteiger partial charge in [0.25, 0.3) is 0 Å². The number of methoxy groups -OCH3 is 1. The number of ether oxygens (including phenoxy) is 3. The molecule has 1 aliphatic rings. The summed E-state index contributed by atoms with van der Waals surface area (Å²) in [7, 11) is 1.62. The molecule has 158 valence electrons. The number of carbonyl (C=O) groups is 1. The van der Waals surface area contributed by atoms with Gasteiger partial charge in [0.1, 0.15) is 17.3 Å². The van der Waals surface area contributed by atoms with E-state index in [1.165, 1.54) is 32.1 Å². The molecule has 0 radical (unpaired) electrons. The molecule has 0 aliphatic carbocycles. The minimum absolute atomic E-state index is 0.343. The van der Waals surface area contributed by atoms with Gasteiger partial charge in [-0.1, -0.05) is 51.2 Å². The van der Waals surface area contributed by atoms with Crippen molar-refractivity contribution in [1.29, 1.82) is 0 Å². The highest BCUT2D eigenvalue weighted by molar-refractivity contribution is 6.05. The van der Waals surface area contributed by atoms with Gasteiger partial charge in [0.2, 0.25) is 0 Å². The molecule has 0 unspecified atom stereocenters. The fourth-order valence-corrected chi connectivity index (χ4v) is 3.30. The van der Waals surface area contributed by atoms with Crippen molar-refractivity contribution in [2.45, 2.75) is 45.4 Å². The number of hydrogen-bond donors (Lipinski definition) is 0. The zero-order valence-corrected chi connectivity index (χ0v) is 17.9. The van der Waals surface area contributed by atoms with Crippen LogP contribution in [0.25, 0.3) is 11.8 Å². The molecule has 2 aromatic carbocycles. The Morgan fingerprint density at radius 1 is 0.867 bits per heavy atom. The minimum atomic E-state index is -0.343. The average Bonchev–Trinajstić information content (AvgIpc) is 3.14. The summed E-state index contributed by atoms with van der Waals surface area (Å²) in [5, 5.41) is 0. The maximum atomic E-state index is 12.2. The van der Waals surface area contributed by atoms with Gasteiger partial charge in [-0.15, -0.1) is 0 Å². The monoisotopic (exact) mass is 406 g/mol. The van der Waals surface area contributed by atoms with E-state index in [2.05, 4.69) is 6.92 Å². The van der Waals surface area contributed by atoms with Crippen molar-refractivity contribution >= 4 is 17.8 Å². The molecular weight excluding hydrogens is 376 g/mol. The number of unbranched alkanes of at least 4 members (excludes halogenated alkanes) is 5. The first-order chi connectivity index (χ1) is 14.7. The summed E-state index contributed by atoms with van der Waals surface area (Å²) in [6, 6.07) is 15.2. The predicted octanol–water partition coefficient (Wildman–Crippen LogP) is 6.42. The van der Waals surface area contributed by atoms with E-state index in [0.717, 1.165) is 35.7 Å². The Bertz CT molecular complexity index is 876. The fraction of sp³-hybridized carbons (Fsp3) is 0.346. The summed E-state index contributed by atoms with van der Waals surface area (Å²) < 4.78 is 16.4. The van der Waals surface area contributed by atoms with E-state index < -0.39 is 0 Å². The predicted molar refractivity (Wildman–Crippen MR) is 120 cm³/mol. The molecule has 0 saturated heterocycles. The zero-order valence-electron chi connectivity index (χ0n) is 17.9. The highest BCUT2D eigenvalue weighted by Gasteiger charge is 2.21. The molecule has 2 aromatic rings. The summed E-state index contributed by atoms with van der Waals surface area (Å²) in [6.07, 6.45) is 11.1. The maximum Gasteiger partial charge on any atom is 0.343 e. The van der Waals surface area contributed by atoms with Gasteiger partial charge in [-0.2, -0.15) is 0 Å². The van der Waals surface area contributed by atoms with Crippen LogP contribution in [-0.2, 0) is 9.53 Å². The molecule has 1 aliphatic heterocycles. The summed E-state index contributed by atoms with van der Waals surface area (Å²) in [6.45, 7) is 2.97. The first-order valence-corrected chi connectivity index (χ1v) is 10.7. The quantitative estimate of drug-likeness (QED) is 0.245. The number of carbonyl (C=O) groups excluding carboxylic acids is 1. The molecule has 0 amide bonds. The van der Waals surface area contributed by atoms with Crippen molar-refractivity contribution in [3.05, 3.63) is 71.3 Å². The molecule has 4 heteroatoms. The molecule has 1 heterocycles. The van der Waals surface area contributed by atoms with Crippen molar-refractivity contribution in [2.24, 2.45) is 0 Å². The minimum Gasteiger partial charge on any atom is -0.497 e. The Hall–Kier alpha value is -3.01. The Morgan fingerprint density at radius 3 is 2.23 bits per heavy atom. The fourth-order valence-electron chi connectivity index (χ4n) is 3.30. The molecule has 0 N–H and O–H groups in total. The van der Waals surface area contributed by atoms with Crippen LogP contribution >= 0.6 is 0 Å². The van der Waals surface area contributed by atoms with E-state index in [0.29, 0.717) is 11.3 Å². The van der Waals surface area contributed by atoms with Crippen LogP contribution in [0.5, 0.6) is 11.5 Å². The summed E-state index contributed by atoms with van der Waals surface area (Å²) in [4.78, 5) is 12.2. The second kappa shape index (κ2) is 11.2. The normalized spacial score (nSPS) is 14.5. The maximum absolute atomic E-state index is 12.2. The summed E-state index contributed by atoms with van der Waals surface area (Å²) in [5.41, 5.74) is 2.30. The first-order valence-electron chi connectivity index (χ1n) is 10.7. The molecule has 0 fully saturated rings. The van der Waals surface area contributed by atoms with Gasteiger partial charge in [0.05, 0.1) is 19.3 Å². The Balaban J connectivity index is 1.54. The third-order valence-corrected chi connectivity index (χ3v) is 5.07. The lowest BCUT2D eigenvalue weighted by Crippen LogP contribution is -1.98. The number of cyclic esters (lactones) is 1. The van der Waals surface area contributed by atoms with E-state index in [-0.39, 0.29) is 5.97 Å². The molecule has 3 rings (SSSR count). The summed E-state index contributed by atoms with van der Waals surface area (Å²) >= 11 is 0. The van der Waals surface area contributed by atoms with E-state index in [9.17, 15) is 4.79 Å². The first kappa shape index (κ1) is 21.7. The molecule has 0 aromatic heterocycles. The van der Waals surface area contributed by atoms with Crippen molar-refractivity contribution in [3.8, 4) is 11.5 Å². The van der Waals surface area contributed by atoms with Gasteiger partial charge in [-0.05, 0) is 60.5 Å². The van der Waals surface area contributed by atoms with Gasteiger partial charge in [0, 0.05) is 5.56 Å². The van der Waals surface area contributed by atoms with Crippen LogP contribution in [-0.4, -0.2) is 19.7 Å². The smallest absolute Gasteiger partial charge is 0.343 e. The van der Waals surface area contributed by atoms with Crippen LogP contribution in [0.3, 0.4) is 0 Å². The molecule has 0 atom stereocenters. The second-order valence-corrected chi connectivity index (χ2v) is 7.41. The van der Waals surface area contributed by atoms with Gasteiger partial charge < -0.3 is 14.2 Å². The largest absolute Gasteiger partial charge is 0.497 e. The Morgan fingerprint density at radius 2 is 1.53 bits per heavy atom. The van der Waals surface area contributed by atoms with Gasteiger partial charge in [-0.3, -0.25) is 0 Å². The number of hydrogen-bond acceptors (Lipinski definition) is 4. The van der Waals surface area contributed by atoms with Crippen molar-refractivity contribution in [1.82, 2.24) is 0 Å². The van der Waals surface area contributed by atoms with E-state index in [1.54, 1.807) is 13.2 Å². The lowest BCUT2D eigenvalue weighted by molar-refractivity contribution is -0.130. The topological polar surface area (TPSA) is 44.8 Å². The zero-order chi connectivity index (χ0) is 21.2. The van der Waals surface area contributed by atoms with E-state index >= 15 is 0 Å². The average molecular weight is 407 g/mol. The number of esters is 1. The highest BCUT2D eigenvalue weighted by atomic mass is 16.5. The van der Waals surface area contributed by atoms with Gasteiger partial charge >= 0.3 is 5.97 Å². The molecular formula is C26H30O4. The van der Waals surface area contributed by atoms with Crippen molar-refractivity contribution in [3.63, 3.8) is 0 Å². The molecule has 0 spiro atoms. The number of rotatable bonds is 11. The van der Waals surface area contributed by atoms with Gasteiger partial charge in [-0.25, -0.2) is 4.79 Å². The van der Waals surface area contributed by atoms with Crippen molar-refractivity contribution < 1.29 is 19.0 Å². The Labute approximate surface area is 179 Å². The van der Waals surface area contributed by atoms with Gasteiger partial charge in [0.15, 0.2) is 0 Å². The van der Waals surface area contributed by atoms with Crippen LogP contribution in [0, 0.1) is 0 Å². The lowest BCUT2D eigenvalue weighted by atomic mass is 10.1. The second-order valence-electron chi connectivity index (χ2n) is 7.41. The Kier molecular flexibility index (Phi) is 8.13. The standard InChI is InChI=1S/C26H30O4/c1-3-4-5-6-7-8-17-29-24-13-9-20(10-14-24)18-22-19-25(30-26(22)27)21-11-15-23(28-2)16-12-21/h9-16,18-19H,3-8,17H2,1-2H3/b22-18-. The molecule has 0 bridgehead atoms. The third-order valence-electron chi connectivity index (χ3n) is 5.07. The SMILES string of the molecule is CCCCCCCCOc1ccc(/C=C2/C=C(c3ccc(OC)cc3)OC2=O)cc1. The number of benzene rings is 2. The van der Waals surface area contributed by atoms with Crippen LogP contribution in [0.4, 0.5) is 0 Å². The van der Waals surface area contributed by atoms with E-state index in [1.807, 2.05) is 54.6 Å². The lowest BCUT2D eigenvalue weighted by Gasteiger charge is -2.06. The molecule has 4 nitrogen and oxygen atoms in total. The summed E-state index contributed by atoms with van der Waals surface area (Å²) in [5.74, 6) is 1.82.